The Balaban J connectivity index is 1.59. The molecule has 3 heterocycles. The summed E-state index contributed by atoms with van der Waals surface area (Å²) in [6.07, 6.45) is 7.64. The van der Waals surface area contributed by atoms with Crippen molar-refractivity contribution in [2.24, 2.45) is 7.05 Å². The second-order valence-corrected chi connectivity index (χ2v) is 5.25. The Labute approximate surface area is 119 Å². The number of piperidine rings is 1. The average Bonchev–Trinajstić information content (AvgIpc) is 2.92. The highest BCUT2D eigenvalue weighted by atomic mass is 15.3. The predicted molar refractivity (Wildman–Crippen MR) is 80.8 cm³/mol. The van der Waals surface area contributed by atoms with E-state index < -0.39 is 0 Å². The summed E-state index contributed by atoms with van der Waals surface area (Å²) in [5.74, 6) is 1.09. The molecule has 0 aromatic carbocycles. The van der Waals surface area contributed by atoms with Crippen LogP contribution in [0, 0.1) is 0 Å². The normalized spacial score (nSPS) is 15.3. The maximum atomic E-state index is 4.57. The van der Waals surface area contributed by atoms with E-state index in [1.165, 1.54) is 19.3 Å². The third-order valence-corrected chi connectivity index (χ3v) is 3.82. The smallest absolute Gasteiger partial charge is 0.128 e. The Kier molecular flexibility index (Phi) is 3.85. The number of aryl methyl sites for hydroxylation is 1. The van der Waals surface area contributed by atoms with Gasteiger partial charge in [0.1, 0.15) is 5.82 Å². The topological polar surface area (TPSA) is 46.0 Å². The number of pyridine rings is 1. The molecule has 1 aliphatic rings. The van der Waals surface area contributed by atoms with Crippen LogP contribution in [0.25, 0.3) is 0 Å². The highest BCUT2D eigenvalue weighted by molar-refractivity contribution is 5.48. The first kappa shape index (κ1) is 13.0. The molecule has 3 rings (SSSR count). The van der Waals surface area contributed by atoms with Gasteiger partial charge in [-0.2, -0.15) is 5.10 Å². The van der Waals surface area contributed by atoms with E-state index >= 15 is 0 Å². The molecule has 0 saturated carbocycles. The summed E-state index contributed by atoms with van der Waals surface area (Å²) in [7, 11) is 1.95. The van der Waals surface area contributed by atoms with Gasteiger partial charge in [-0.25, -0.2) is 4.98 Å². The van der Waals surface area contributed by atoms with E-state index in [9.17, 15) is 0 Å². The monoisotopic (exact) mass is 271 g/mol. The lowest BCUT2D eigenvalue weighted by molar-refractivity contribution is 0.573. The summed E-state index contributed by atoms with van der Waals surface area (Å²) in [6.45, 7) is 3.03. The van der Waals surface area contributed by atoms with Crippen LogP contribution in [0.1, 0.15) is 25.0 Å². The van der Waals surface area contributed by atoms with Gasteiger partial charge in [0, 0.05) is 26.3 Å². The zero-order valence-electron chi connectivity index (χ0n) is 11.9. The molecule has 1 saturated heterocycles. The average molecular weight is 271 g/mol. The van der Waals surface area contributed by atoms with Gasteiger partial charge in [0.2, 0.25) is 0 Å². The molecule has 0 unspecified atom stereocenters. The zero-order valence-corrected chi connectivity index (χ0v) is 11.9. The van der Waals surface area contributed by atoms with Crippen molar-refractivity contribution in [2.75, 3.05) is 23.3 Å². The second kappa shape index (κ2) is 5.94. The highest BCUT2D eigenvalue weighted by Crippen LogP contribution is 2.19. The standard InChI is InChI=1S/C15H21N5/c1-19-14(7-8-18-19)12-16-13-5-6-15(17-11-13)20-9-3-2-4-10-20/h5-8,11,16H,2-4,9-10,12H2,1H3. The quantitative estimate of drug-likeness (QED) is 0.927. The van der Waals surface area contributed by atoms with Gasteiger partial charge in [0.15, 0.2) is 0 Å². The van der Waals surface area contributed by atoms with Crippen molar-refractivity contribution in [3.8, 4) is 0 Å². The minimum absolute atomic E-state index is 0.765. The Morgan fingerprint density at radius 2 is 2.00 bits per heavy atom. The molecule has 0 spiro atoms. The summed E-state index contributed by atoms with van der Waals surface area (Å²) < 4.78 is 1.88. The lowest BCUT2D eigenvalue weighted by Crippen LogP contribution is -2.30. The summed E-state index contributed by atoms with van der Waals surface area (Å²) in [4.78, 5) is 6.94. The molecule has 5 nitrogen and oxygen atoms in total. The molecule has 5 heteroatoms. The maximum absolute atomic E-state index is 4.57. The van der Waals surface area contributed by atoms with E-state index in [-0.39, 0.29) is 0 Å². The van der Waals surface area contributed by atoms with Crippen molar-refractivity contribution in [3.63, 3.8) is 0 Å². The first-order valence-electron chi connectivity index (χ1n) is 7.25. The van der Waals surface area contributed by atoms with Crippen LogP contribution in [0.3, 0.4) is 0 Å². The van der Waals surface area contributed by atoms with E-state index in [0.717, 1.165) is 36.8 Å². The fourth-order valence-corrected chi connectivity index (χ4v) is 2.57. The lowest BCUT2D eigenvalue weighted by atomic mass is 10.1. The Bertz CT molecular complexity index is 540. The van der Waals surface area contributed by atoms with E-state index in [0.29, 0.717) is 0 Å². The second-order valence-electron chi connectivity index (χ2n) is 5.25. The van der Waals surface area contributed by atoms with Gasteiger partial charge in [-0.15, -0.1) is 0 Å². The van der Waals surface area contributed by atoms with E-state index in [2.05, 4.69) is 32.4 Å². The van der Waals surface area contributed by atoms with Crippen LogP contribution in [-0.4, -0.2) is 27.9 Å². The fourth-order valence-electron chi connectivity index (χ4n) is 2.57. The number of hydrogen-bond acceptors (Lipinski definition) is 4. The van der Waals surface area contributed by atoms with Crippen molar-refractivity contribution in [2.45, 2.75) is 25.8 Å². The summed E-state index contributed by atoms with van der Waals surface area (Å²) in [6, 6.07) is 6.23. The van der Waals surface area contributed by atoms with Gasteiger partial charge < -0.3 is 10.2 Å². The van der Waals surface area contributed by atoms with Gasteiger partial charge in [-0.3, -0.25) is 4.68 Å². The number of anilines is 2. The SMILES string of the molecule is Cn1nccc1CNc1ccc(N2CCCCC2)nc1. The van der Waals surface area contributed by atoms with Crippen LogP contribution in [0.5, 0.6) is 0 Å². The van der Waals surface area contributed by atoms with Crippen LogP contribution in [-0.2, 0) is 13.6 Å². The van der Waals surface area contributed by atoms with Crippen LogP contribution >= 0.6 is 0 Å². The number of hydrogen-bond donors (Lipinski definition) is 1. The fraction of sp³-hybridized carbons (Fsp3) is 0.467. The van der Waals surface area contributed by atoms with Crippen LogP contribution in [0.4, 0.5) is 11.5 Å². The van der Waals surface area contributed by atoms with Gasteiger partial charge in [-0.05, 0) is 37.5 Å². The molecule has 0 amide bonds. The summed E-state index contributed by atoms with van der Waals surface area (Å²) in [5.41, 5.74) is 2.21. The zero-order chi connectivity index (χ0) is 13.8. The number of rotatable bonds is 4. The predicted octanol–water partition coefficient (Wildman–Crippen LogP) is 2.42. The molecule has 0 aliphatic carbocycles. The first-order chi connectivity index (χ1) is 9.83. The van der Waals surface area contributed by atoms with E-state index in [1.807, 2.05) is 30.2 Å². The molecule has 2 aromatic rings. The number of nitrogens with one attached hydrogen (secondary N) is 1. The molecule has 0 radical (unpaired) electrons. The third-order valence-electron chi connectivity index (χ3n) is 3.82. The van der Waals surface area contributed by atoms with Crippen molar-refractivity contribution in [3.05, 3.63) is 36.3 Å². The Morgan fingerprint density at radius 3 is 2.65 bits per heavy atom. The van der Waals surface area contributed by atoms with Crippen molar-refractivity contribution in [1.82, 2.24) is 14.8 Å². The van der Waals surface area contributed by atoms with Gasteiger partial charge in [0.05, 0.1) is 24.1 Å². The molecule has 1 fully saturated rings. The summed E-state index contributed by atoms with van der Waals surface area (Å²) in [5, 5.41) is 7.53. The van der Waals surface area contributed by atoms with Crippen molar-refractivity contribution >= 4 is 11.5 Å². The number of aromatic nitrogens is 3. The molecule has 2 aromatic heterocycles. The molecule has 1 N–H and O–H groups in total. The number of nitrogens with zero attached hydrogens (tertiary/aromatic N) is 4. The molecular weight excluding hydrogens is 250 g/mol. The molecule has 1 aliphatic heterocycles. The minimum atomic E-state index is 0.765. The first-order valence-corrected chi connectivity index (χ1v) is 7.25. The van der Waals surface area contributed by atoms with Crippen molar-refractivity contribution < 1.29 is 0 Å². The summed E-state index contributed by atoms with van der Waals surface area (Å²) >= 11 is 0. The molecule has 0 bridgehead atoms. The van der Waals surface area contributed by atoms with Crippen LogP contribution in [0.15, 0.2) is 30.6 Å². The van der Waals surface area contributed by atoms with Gasteiger partial charge in [-0.1, -0.05) is 0 Å². The maximum Gasteiger partial charge on any atom is 0.128 e. The van der Waals surface area contributed by atoms with E-state index in [1.54, 1.807) is 0 Å². The molecule has 20 heavy (non-hydrogen) atoms. The third kappa shape index (κ3) is 2.92. The largest absolute Gasteiger partial charge is 0.378 e. The highest BCUT2D eigenvalue weighted by Gasteiger charge is 2.11. The van der Waals surface area contributed by atoms with Crippen LogP contribution in [0.2, 0.25) is 0 Å². The molecular formula is C15H21N5. The van der Waals surface area contributed by atoms with Gasteiger partial charge in [0.25, 0.3) is 0 Å². The van der Waals surface area contributed by atoms with Crippen LogP contribution < -0.4 is 10.2 Å². The molecule has 0 atom stereocenters. The lowest BCUT2D eigenvalue weighted by Gasteiger charge is -2.27. The van der Waals surface area contributed by atoms with E-state index in [4.69, 9.17) is 0 Å². The Hall–Kier alpha value is -2.04. The van der Waals surface area contributed by atoms with Crippen molar-refractivity contribution in [1.29, 1.82) is 0 Å². The minimum Gasteiger partial charge on any atom is -0.378 e. The van der Waals surface area contributed by atoms with Gasteiger partial charge >= 0.3 is 0 Å². The Morgan fingerprint density at radius 1 is 1.15 bits per heavy atom. The molecule has 106 valence electrons.